The number of hydrogen-bond donors (Lipinski definition) is 0. The second-order valence-electron chi connectivity index (χ2n) is 4.11. The van der Waals surface area contributed by atoms with E-state index in [0.717, 1.165) is 0 Å². The third-order valence-electron chi connectivity index (χ3n) is 3.18. The molecule has 1 aliphatic carbocycles. The van der Waals surface area contributed by atoms with Gasteiger partial charge in [-0.15, -0.1) is 0 Å². The Morgan fingerprint density at radius 3 is 2.69 bits per heavy atom. The molecule has 1 saturated heterocycles. The molecule has 1 heterocycles. The van der Waals surface area contributed by atoms with Gasteiger partial charge in [0, 0.05) is 11.8 Å². The summed E-state index contributed by atoms with van der Waals surface area (Å²) >= 11 is 0. The van der Waals surface area contributed by atoms with Gasteiger partial charge in [-0.2, -0.15) is 0 Å². The predicted molar refractivity (Wildman–Crippen MR) is 47.2 cm³/mol. The van der Waals surface area contributed by atoms with E-state index in [4.69, 9.17) is 9.47 Å². The summed E-state index contributed by atoms with van der Waals surface area (Å²) < 4.78 is 10.4. The molecule has 0 unspecified atom stereocenters. The number of rotatable bonds is 0. The molecule has 0 saturated carbocycles. The van der Waals surface area contributed by atoms with Gasteiger partial charge < -0.3 is 9.47 Å². The zero-order chi connectivity index (χ0) is 9.64. The molecule has 0 bridgehead atoms. The largest absolute Gasteiger partial charge is 0.509 e. The highest BCUT2D eigenvalue weighted by Gasteiger charge is 2.54. The summed E-state index contributed by atoms with van der Waals surface area (Å²) in [6, 6.07) is 0. The van der Waals surface area contributed by atoms with Crippen LogP contribution in [-0.2, 0) is 9.47 Å². The van der Waals surface area contributed by atoms with Gasteiger partial charge in [-0.05, 0) is 6.92 Å². The van der Waals surface area contributed by atoms with Crippen LogP contribution in [0, 0.1) is 11.8 Å². The maximum Gasteiger partial charge on any atom is 0.509 e. The average Bonchev–Trinajstić information content (AvgIpc) is 2.37. The van der Waals surface area contributed by atoms with Gasteiger partial charge in [0.1, 0.15) is 0 Å². The molecule has 2 aliphatic rings. The molecule has 13 heavy (non-hydrogen) atoms. The van der Waals surface area contributed by atoms with E-state index in [1.807, 2.05) is 20.8 Å². The second-order valence-corrected chi connectivity index (χ2v) is 4.11. The van der Waals surface area contributed by atoms with Crippen LogP contribution < -0.4 is 0 Å². The first-order valence-electron chi connectivity index (χ1n) is 4.62. The van der Waals surface area contributed by atoms with E-state index >= 15 is 0 Å². The Hall–Kier alpha value is -0.990. The lowest BCUT2D eigenvalue weighted by atomic mass is 9.75. The molecule has 0 spiro atoms. The summed E-state index contributed by atoms with van der Waals surface area (Å²) in [7, 11) is 0. The fraction of sp³-hybridized carbons (Fsp3) is 0.700. The highest BCUT2D eigenvalue weighted by molar-refractivity contribution is 5.64. The van der Waals surface area contributed by atoms with Crippen LogP contribution in [0.2, 0.25) is 0 Å². The Kier molecular flexibility index (Phi) is 1.65. The Labute approximate surface area is 77.7 Å². The van der Waals surface area contributed by atoms with E-state index in [1.165, 1.54) is 0 Å². The van der Waals surface area contributed by atoms with E-state index in [-0.39, 0.29) is 17.9 Å². The lowest BCUT2D eigenvalue weighted by Gasteiger charge is -2.36. The van der Waals surface area contributed by atoms with Crippen molar-refractivity contribution < 1.29 is 14.3 Å². The van der Waals surface area contributed by atoms with Crippen LogP contribution in [0.3, 0.4) is 0 Å². The Bertz CT molecular complexity index is 271. The van der Waals surface area contributed by atoms with E-state index < -0.39 is 11.8 Å². The Morgan fingerprint density at radius 2 is 2.08 bits per heavy atom. The van der Waals surface area contributed by atoms with Crippen molar-refractivity contribution in [1.29, 1.82) is 0 Å². The van der Waals surface area contributed by atoms with Crippen molar-refractivity contribution >= 4 is 6.16 Å². The number of ether oxygens (including phenoxy) is 2. The molecule has 1 fully saturated rings. The fourth-order valence-corrected chi connectivity index (χ4v) is 2.10. The van der Waals surface area contributed by atoms with E-state index in [2.05, 4.69) is 12.2 Å². The monoisotopic (exact) mass is 182 g/mol. The first kappa shape index (κ1) is 8.60. The minimum atomic E-state index is -0.532. The molecule has 0 aromatic heterocycles. The van der Waals surface area contributed by atoms with Crippen molar-refractivity contribution in [2.45, 2.75) is 32.5 Å². The first-order valence-corrected chi connectivity index (χ1v) is 4.62. The predicted octanol–water partition coefficient (Wildman–Crippen LogP) is 2.12. The van der Waals surface area contributed by atoms with Gasteiger partial charge in [0.15, 0.2) is 11.7 Å². The summed E-state index contributed by atoms with van der Waals surface area (Å²) in [6.07, 6.45) is 3.51. The van der Waals surface area contributed by atoms with Gasteiger partial charge in [-0.25, -0.2) is 4.79 Å². The van der Waals surface area contributed by atoms with E-state index in [0.29, 0.717) is 0 Å². The van der Waals surface area contributed by atoms with Crippen LogP contribution in [0.25, 0.3) is 0 Å². The second kappa shape index (κ2) is 2.50. The van der Waals surface area contributed by atoms with Gasteiger partial charge in [0.2, 0.25) is 0 Å². The van der Waals surface area contributed by atoms with E-state index in [9.17, 15) is 4.79 Å². The SMILES string of the molecule is C[C@@H]1C=C[C@@H](C)[C@]2(C)OC(=O)O[C@H]12. The van der Waals surface area contributed by atoms with Crippen LogP contribution >= 0.6 is 0 Å². The summed E-state index contributed by atoms with van der Waals surface area (Å²) in [5, 5.41) is 0. The summed E-state index contributed by atoms with van der Waals surface area (Å²) in [6.45, 7) is 6.01. The third-order valence-corrected chi connectivity index (χ3v) is 3.18. The minimum Gasteiger partial charge on any atom is -0.426 e. The number of carbonyl (C=O) groups excluding carboxylic acids is 1. The quantitative estimate of drug-likeness (QED) is 0.425. The normalized spacial score (nSPS) is 48.2. The van der Waals surface area contributed by atoms with Crippen molar-refractivity contribution in [3.63, 3.8) is 0 Å². The van der Waals surface area contributed by atoms with Crippen molar-refractivity contribution in [3.8, 4) is 0 Å². The minimum absolute atomic E-state index is 0.125. The molecule has 2 rings (SSSR count). The summed E-state index contributed by atoms with van der Waals surface area (Å²) in [5.41, 5.74) is -0.467. The van der Waals surface area contributed by atoms with Crippen molar-refractivity contribution in [2.24, 2.45) is 11.8 Å². The topological polar surface area (TPSA) is 35.5 Å². The zero-order valence-corrected chi connectivity index (χ0v) is 8.11. The highest BCUT2D eigenvalue weighted by atomic mass is 16.8. The molecule has 3 heteroatoms. The molecule has 72 valence electrons. The summed E-state index contributed by atoms with van der Waals surface area (Å²) in [5.74, 6) is 0.466. The third kappa shape index (κ3) is 1.06. The van der Waals surface area contributed by atoms with Gasteiger partial charge in [0.05, 0.1) is 0 Å². The van der Waals surface area contributed by atoms with Gasteiger partial charge >= 0.3 is 6.16 Å². The molecule has 0 N–H and O–H groups in total. The van der Waals surface area contributed by atoms with Crippen molar-refractivity contribution in [1.82, 2.24) is 0 Å². The Balaban J connectivity index is 2.36. The molecule has 0 aromatic rings. The van der Waals surface area contributed by atoms with Crippen LogP contribution in [0.1, 0.15) is 20.8 Å². The van der Waals surface area contributed by atoms with Crippen molar-refractivity contribution in [3.05, 3.63) is 12.2 Å². The van der Waals surface area contributed by atoms with Crippen LogP contribution in [0.15, 0.2) is 12.2 Å². The van der Waals surface area contributed by atoms with Gasteiger partial charge in [-0.3, -0.25) is 0 Å². The number of carbonyl (C=O) groups is 1. The van der Waals surface area contributed by atoms with Gasteiger partial charge in [-0.1, -0.05) is 26.0 Å². The molecule has 0 radical (unpaired) electrons. The smallest absolute Gasteiger partial charge is 0.426 e. The number of hydrogen-bond acceptors (Lipinski definition) is 3. The highest BCUT2D eigenvalue weighted by Crippen LogP contribution is 2.41. The standard InChI is InChI=1S/C10H14O3/c1-6-4-5-7(2)10(3)8(6)12-9(11)13-10/h4-8H,1-3H3/t6-,7-,8-,10+/m1/s1. The van der Waals surface area contributed by atoms with E-state index in [1.54, 1.807) is 0 Å². The maximum absolute atomic E-state index is 11.0. The maximum atomic E-state index is 11.0. The Morgan fingerprint density at radius 1 is 1.38 bits per heavy atom. The van der Waals surface area contributed by atoms with Crippen molar-refractivity contribution in [2.75, 3.05) is 0 Å². The van der Waals surface area contributed by atoms with Gasteiger partial charge in [0.25, 0.3) is 0 Å². The molecule has 1 aliphatic heterocycles. The number of fused-ring (bicyclic) bond motifs is 1. The molecule has 0 amide bonds. The molecular formula is C10H14O3. The zero-order valence-electron chi connectivity index (χ0n) is 8.11. The average molecular weight is 182 g/mol. The van der Waals surface area contributed by atoms with Crippen LogP contribution in [0.5, 0.6) is 0 Å². The lowest BCUT2D eigenvalue weighted by Crippen LogP contribution is -2.47. The lowest BCUT2D eigenvalue weighted by molar-refractivity contribution is -0.00701. The molecular weight excluding hydrogens is 168 g/mol. The molecule has 4 atom stereocenters. The first-order chi connectivity index (χ1) is 6.04. The van der Waals surface area contributed by atoms with Crippen LogP contribution in [-0.4, -0.2) is 17.9 Å². The molecule has 0 aromatic carbocycles. The summed E-state index contributed by atoms with van der Waals surface area (Å²) in [4.78, 5) is 11.0. The molecule has 3 nitrogen and oxygen atoms in total. The van der Waals surface area contributed by atoms with Crippen LogP contribution in [0.4, 0.5) is 4.79 Å². The fourth-order valence-electron chi connectivity index (χ4n) is 2.10.